The lowest BCUT2D eigenvalue weighted by atomic mass is 10.1. The Bertz CT molecular complexity index is 617. The summed E-state index contributed by atoms with van der Waals surface area (Å²) in [5.74, 6) is -1.14. The Balaban J connectivity index is 2.04. The molecule has 0 aromatic heterocycles. The van der Waals surface area contributed by atoms with Gasteiger partial charge in [-0.3, -0.25) is 0 Å². The van der Waals surface area contributed by atoms with Crippen LogP contribution in [0.5, 0.6) is 0 Å². The van der Waals surface area contributed by atoms with Crippen LogP contribution in [0.25, 0.3) is 0 Å². The van der Waals surface area contributed by atoms with Gasteiger partial charge in [-0.2, -0.15) is 0 Å². The van der Waals surface area contributed by atoms with E-state index in [1.807, 2.05) is 13.0 Å². The van der Waals surface area contributed by atoms with Gasteiger partial charge in [0.05, 0.1) is 10.0 Å². The van der Waals surface area contributed by atoms with Gasteiger partial charge in [-0.1, -0.05) is 35.3 Å². The van der Waals surface area contributed by atoms with Gasteiger partial charge in [0, 0.05) is 24.2 Å². The molecule has 1 N–H and O–H groups in total. The maximum Gasteiger partial charge on any atom is 0.130 e. The van der Waals surface area contributed by atoms with Crippen molar-refractivity contribution in [2.24, 2.45) is 0 Å². The normalized spacial score (nSPS) is 12.4. The predicted molar refractivity (Wildman–Crippen MR) is 78.1 cm³/mol. The standard InChI is InChI=1S/C15H13Cl2F2N/c1-9(12-4-3-11(18)7-15(12)19)20-8-10-2-5-13(16)14(17)6-10/h2-7,9,20H,8H2,1H3. The van der Waals surface area contributed by atoms with Crippen LogP contribution in [0.2, 0.25) is 10.0 Å². The topological polar surface area (TPSA) is 12.0 Å². The Morgan fingerprint density at radius 3 is 2.45 bits per heavy atom. The molecule has 1 nitrogen and oxygen atoms in total. The zero-order valence-electron chi connectivity index (χ0n) is 10.8. The molecular weight excluding hydrogens is 303 g/mol. The third-order valence-corrected chi connectivity index (χ3v) is 3.76. The molecule has 1 unspecified atom stereocenters. The van der Waals surface area contributed by atoms with Crippen LogP contribution in [-0.2, 0) is 6.54 Å². The van der Waals surface area contributed by atoms with Crippen molar-refractivity contribution < 1.29 is 8.78 Å². The predicted octanol–water partition coefficient (Wildman–Crippen LogP) is 5.12. The Labute approximate surface area is 126 Å². The van der Waals surface area contributed by atoms with E-state index >= 15 is 0 Å². The van der Waals surface area contributed by atoms with E-state index in [4.69, 9.17) is 23.2 Å². The molecule has 0 aliphatic heterocycles. The Morgan fingerprint density at radius 1 is 1.05 bits per heavy atom. The Kier molecular flexibility index (Phi) is 4.97. The highest BCUT2D eigenvalue weighted by Crippen LogP contribution is 2.23. The minimum Gasteiger partial charge on any atom is -0.306 e. The van der Waals surface area contributed by atoms with Crippen molar-refractivity contribution in [3.05, 3.63) is 69.2 Å². The number of rotatable bonds is 4. The lowest BCUT2D eigenvalue weighted by molar-refractivity contribution is 0.518. The summed E-state index contributed by atoms with van der Waals surface area (Å²) in [4.78, 5) is 0. The van der Waals surface area contributed by atoms with Crippen molar-refractivity contribution in [2.75, 3.05) is 0 Å². The fourth-order valence-electron chi connectivity index (χ4n) is 1.88. The first-order valence-electron chi connectivity index (χ1n) is 6.09. The van der Waals surface area contributed by atoms with Crippen molar-refractivity contribution in [3.8, 4) is 0 Å². The first kappa shape index (κ1) is 15.2. The molecule has 1 atom stereocenters. The van der Waals surface area contributed by atoms with Crippen molar-refractivity contribution in [2.45, 2.75) is 19.5 Å². The maximum atomic E-state index is 13.6. The van der Waals surface area contributed by atoms with Crippen LogP contribution in [0.3, 0.4) is 0 Å². The number of nitrogens with one attached hydrogen (secondary N) is 1. The maximum absolute atomic E-state index is 13.6. The minimum atomic E-state index is -0.581. The smallest absolute Gasteiger partial charge is 0.130 e. The molecule has 0 spiro atoms. The molecule has 0 saturated carbocycles. The second-order valence-electron chi connectivity index (χ2n) is 4.52. The van der Waals surface area contributed by atoms with Gasteiger partial charge < -0.3 is 5.32 Å². The van der Waals surface area contributed by atoms with Crippen LogP contribution in [0.15, 0.2) is 36.4 Å². The summed E-state index contributed by atoms with van der Waals surface area (Å²) in [5.41, 5.74) is 1.36. The summed E-state index contributed by atoms with van der Waals surface area (Å²) in [6.07, 6.45) is 0. The van der Waals surface area contributed by atoms with E-state index in [9.17, 15) is 8.78 Å². The van der Waals surface area contributed by atoms with E-state index in [-0.39, 0.29) is 6.04 Å². The highest BCUT2D eigenvalue weighted by molar-refractivity contribution is 6.42. The zero-order chi connectivity index (χ0) is 14.7. The summed E-state index contributed by atoms with van der Waals surface area (Å²) < 4.78 is 26.5. The average molecular weight is 316 g/mol. The van der Waals surface area contributed by atoms with Gasteiger partial charge in [-0.15, -0.1) is 0 Å². The SMILES string of the molecule is CC(NCc1ccc(Cl)c(Cl)c1)c1ccc(F)cc1F. The van der Waals surface area contributed by atoms with Crippen LogP contribution in [0.4, 0.5) is 8.78 Å². The summed E-state index contributed by atoms with van der Waals surface area (Å²) in [7, 11) is 0. The van der Waals surface area contributed by atoms with Crippen LogP contribution in [0.1, 0.15) is 24.1 Å². The summed E-state index contributed by atoms with van der Waals surface area (Å²) >= 11 is 11.8. The fourth-order valence-corrected chi connectivity index (χ4v) is 2.20. The molecule has 0 bridgehead atoms. The van der Waals surface area contributed by atoms with E-state index in [1.54, 1.807) is 12.1 Å². The quantitative estimate of drug-likeness (QED) is 0.825. The van der Waals surface area contributed by atoms with Crippen molar-refractivity contribution in [1.82, 2.24) is 5.32 Å². The van der Waals surface area contributed by atoms with Gasteiger partial charge >= 0.3 is 0 Å². The van der Waals surface area contributed by atoms with Crippen molar-refractivity contribution >= 4 is 23.2 Å². The molecule has 0 radical (unpaired) electrons. The molecule has 20 heavy (non-hydrogen) atoms. The zero-order valence-corrected chi connectivity index (χ0v) is 12.3. The van der Waals surface area contributed by atoms with Gasteiger partial charge in [0.1, 0.15) is 11.6 Å². The monoisotopic (exact) mass is 315 g/mol. The van der Waals surface area contributed by atoms with Gasteiger partial charge in [-0.25, -0.2) is 8.78 Å². The Morgan fingerprint density at radius 2 is 1.80 bits per heavy atom. The van der Waals surface area contributed by atoms with Crippen LogP contribution >= 0.6 is 23.2 Å². The summed E-state index contributed by atoms with van der Waals surface area (Å²) in [6, 6.07) is 8.63. The average Bonchev–Trinajstić information content (AvgIpc) is 2.40. The van der Waals surface area contributed by atoms with Gasteiger partial charge in [0.25, 0.3) is 0 Å². The number of hydrogen-bond acceptors (Lipinski definition) is 1. The molecule has 0 heterocycles. The highest BCUT2D eigenvalue weighted by Gasteiger charge is 2.11. The fraction of sp³-hybridized carbons (Fsp3) is 0.200. The van der Waals surface area contributed by atoms with Gasteiger partial charge in [-0.05, 0) is 30.7 Å². The van der Waals surface area contributed by atoms with E-state index in [0.29, 0.717) is 22.2 Å². The number of benzene rings is 2. The molecule has 0 amide bonds. The molecule has 2 aromatic carbocycles. The van der Waals surface area contributed by atoms with Crippen LogP contribution in [0, 0.1) is 11.6 Å². The largest absolute Gasteiger partial charge is 0.306 e. The molecule has 106 valence electrons. The van der Waals surface area contributed by atoms with E-state index < -0.39 is 11.6 Å². The van der Waals surface area contributed by atoms with Crippen LogP contribution < -0.4 is 5.32 Å². The molecule has 0 fully saturated rings. The molecule has 0 aliphatic rings. The first-order chi connectivity index (χ1) is 9.47. The van der Waals surface area contributed by atoms with Crippen LogP contribution in [-0.4, -0.2) is 0 Å². The van der Waals surface area contributed by atoms with Gasteiger partial charge in [0.2, 0.25) is 0 Å². The molecular formula is C15H13Cl2F2N. The van der Waals surface area contributed by atoms with E-state index in [0.717, 1.165) is 11.6 Å². The first-order valence-corrected chi connectivity index (χ1v) is 6.85. The van der Waals surface area contributed by atoms with Crippen molar-refractivity contribution in [1.29, 1.82) is 0 Å². The summed E-state index contributed by atoms with van der Waals surface area (Å²) in [5, 5.41) is 4.13. The molecule has 2 rings (SSSR count). The number of halogens is 4. The second kappa shape index (κ2) is 6.53. The minimum absolute atomic E-state index is 0.245. The molecule has 5 heteroatoms. The van der Waals surface area contributed by atoms with E-state index in [2.05, 4.69) is 5.32 Å². The summed E-state index contributed by atoms with van der Waals surface area (Å²) in [6.45, 7) is 2.32. The second-order valence-corrected chi connectivity index (χ2v) is 5.33. The number of hydrogen-bond donors (Lipinski definition) is 1. The Hall–Kier alpha value is -1.16. The van der Waals surface area contributed by atoms with Crippen molar-refractivity contribution in [3.63, 3.8) is 0 Å². The third kappa shape index (κ3) is 3.69. The molecule has 2 aromatic rings. The molecule has 0 aliphatic carbocycles. The van der Waals surface area contributed by atoms with E-state index in [1.165, 1.54) is 12.1 Å². The lowest BCUT2D eigenvalue weighted by Crippen LogP contribution is -2.19. The lowest BCUT2D eigenvalue weighted by Gasteiger charge is -2.15. The highest BCUT2D eigenvalue weighted by atomic mass is 35.5. The molecule has 0 saturated heterocycles. The van der Waals surface area contributed by atoms with Gasteiger partial charge in [0.15, 0.2) is 0 Å². The third-order valence-electron chi connectivity index (χ3n) is 3.03.